The predicted octanol–water partition coefficient (Wildman–Crippen LogP) is 3.86. The average Bonchev–Trinajstić information content (AvgIpc) is 3.10. The normalized spacial score (nSPS) is 14.8. The summed E-state index contributed by atoms with van der Waals surface area (Å²) in [6.07, 6.45) is 6.32. The summed E-state index contributed by atoms with van der Waals surface area (Å²) in [4.78, 5) is 25.7. The number of pyridine rings is 1. The van der Waals surface area contributed by atoms with Crippen molar-refractivity contribution in [2.24, 2.45) is 7.05 Å². The van der Waals surface area contributed by atoms with Crippen LogP contribution in [0, 0.1) is 19.7 Å². The number of aromatic nitrogens is 3. The van der Waals surface area contributed by atoms with E-state index in [1.54, 1.807) is 28.4 Å². The molecule has 1 saturated carbocycles. The van der Waals surface area contributed by atoms with E-state index in [1.165, 1.54) is 18.6 Å². The van der Waals surface area contributed by atoms with Gasteiger partial charge in [0, 0.05) is 30.5 Å². The second-order valence-electron chi connectivity index (χ2n) is 8.55. The molecule has 31 heavy (non-hydrogen) atoms. The zero-order valence-corrected chi connectivity index (χ0v) is 18.4. The van der Waals surface area contributed by atoms with Gasteiger partial charge in [0.25, 0.3) is 5.56 Å². The molecule has 1 aromatic carbocycles. The first kappa shape index (κ1) is 21.3. The quantitative estimate of drug-likeness (QED) is 0.676. The molecule has 0 atom stereocenters. The number of fused-ring (bicyclic) bond motifs is 1. The van der Waals surface area contributed by atoms with Crippen molar-refractivity contribution in [2.45, 2.75) is 64.8 Å². The minimum atomic E-state index is -0.360. The van der Waals surface area contributed by atoms with Crippen molar-refractivity contribution in [1.29, 1.82) is 0 Å². The summed E-state index contributed by atoms with van der Waals surface area (Å²) < 4.78 is 16.9. The number of aryl methyl sites for hydroxylation is 3. The zero-order valence-electron chi connectivity index (χ0n) is 18.4. The highest BCUT2D eigenvalue weighted by Gasteiger charge is 2.21. The molecule has 1 N–H and O–H groups in total. The summed E-state index contributed by atoms with van der Waals surface area (Å²) in [7, 11) is 1.70. The van der Waals surface area contributed by atoms with Gasteiger partial charge >= 0.3 is 0 Å². The van der Waals surface area contributed by atoms with Crippen LogP contribution in [0.2, 0.25) is 0 Å². The first-order chi connectivity index (χ1) is 14.9. The fourth-order valence-corrected chi connectivity index (χ4v) is 4.74. The van der Waals surface area contributed by atoms with Gasteiger partial charge in [-0.2, -0.15) is 5.10 Å². The summed E-state index contributed by atoms with van der Waals surface area (Å²) in [5, 5.41) is 8.58. The molecule has 2 heterocycles. The summed E-state index contributed by atoms with van der Waals surface area (Å²) in [5.74, 6) is -0.359. The van der Waals surface area contributed by atoms with Crippen LogP contribution < -0.4 is 10.9 Å². The van der Waals surface area contributed by atoms with Gasteiger partial charge in [-0.1, -0.05) is 25.3 Å². The van der Waals surface area contributed by atoms with Crippen molar-refractivity contribution in [1.82, 2.24) is 19.7 Å². The van der Waals surface area contributed by atoms with Crippen LogP contribution in [0.15, 0.2) is 29.1 Å². The molecule has 0 spiro atoms. The molecule has 2 aromatic heterocycles. The number of nitrogens with zero attached hydrogens (tertiary/aromatic N) is 3. The maximum Gasteiger partial charge on any atom is 0.255 e. The van der Waals surface area contributed by atoms with Crippen LogP contribution in [0.5, 0.6) is 0 Å². The van der Waals surface area contributed by atoms with Crippen molar-refractivity contribution in [3.8, 4) is 5.69 Å². The summed E-state index contributed by atoms with van der Waals surface area (Å²) in [6, 6.07) is 6.42. The summed E-state index contributed by atoms with van der Waals surface area (Å²) in [5.41, 5.74) is 3.28. The highest BCUT2D eigenvalue weighted by Crippen LogP contribution is 2.26. The highest BCUT2D eigenvalue weighted by atomic mass is 19.1. The Morgan fingerprint density at radius 3 is 2.68 bits per heavy atom. The number of benzene rings is 1. The van der Waals surface area contributed by atoms with Gasteiger partial charge in [-0.25, -0.2) is 9.07 Å². The lowest BCUT2D eigenvalue weighted by Crippen LogP contribution is -2.36. The van der Waals surface area contributed by atoms with E-state index in [1.807, 2.05) is 13.8 Å². The van der Waals surface area contributed by atoms with Crippen LogP contribution in [0.4, 0.5) is 4.39 Å². The first-order valence-electron chi connectivity index (χ1n) is 11.0. The minimum Gasteiger partial charge on any atom is -0.353 e. The van der Waals surface area contributed by atoms with E-state index in [-0.39, 0.29) is 29.7 Å². The first-order valence-corrected chi connectivity index (χ1v) is 11.0. The number of hydrogen-bond donors (Lipinski definition) is 1. The Labute approximate surface area is 181 Å². The van der Waals surface area contributed by atoms with Crippen molar-refractivity contribution in [3.63, 3.8) is 0 Å². The number of rotatable bonds is 5. The van der Waals surface area contributed by atoms with Crippen LogP contribution >= 0.6 is 0 Å². The molecule has 0 bridgehead atoms. The third-order valence-corrected chi connectivity index (χ3v) is 6.37. The van der Waals surface area contributed by atoms with Gasteiger partial charge in [-0.3, -0.25) is 14.2 Å². The van der Waals surface area contributed by atoms with E-state index in [0.29, 0.717) is 23.3 Å². The van der Waals surface area contributed by atoms with Crippen molar-refractivity contribution >= 4 is 16.9 Å². The molecule has 6 nitrogen and oxygen atoms in total. The lowest BCUT2D eigenvalue weighted by molar-refractivity contribution is -0.121. The average molecular weight is 425 g/mol. The second kappa shape index (κ2) is 8.65. The van der Waals surface area contributed by atoms with Gasteiger partial charge in [0.1, 0.15) is 11.5 Å². The Bertz CT molecular complexity index is 1190. The molecule has 3 aromatic rings. The SMILES string of the molecule is Cc1nn(-c2cccc(F)c2)c2c1c(C)c(CCC(=O)NC1CCCCC1)c(=O)n2C. The maximum atomic E-state index is 13.8. The number of carbonyl (C=O) groups is 1. The van der Waals surface area contributed by atoms with E-state index < -0.39 is 0 Å². The Hall–Kier alpha value is -2.96. The number of halogens is 1. The Morgan fingerprint density at radius 2 is 1.97 bits per heavy atom. The fourth-order valence-electron chi connectivity index (χ4n) is 4.74. The molecule has 0 saturated heterocycles. The molecule has 164 valence electrons. The third kappa shape index (κ3) is 4.13. The summed E-state index contributed by atoms with van der Waals surface area (Å²) >= 11 is 0. The van der Waals surface area contributed by atoms with Gasteiger partial charge in [0.05, 0.1) is 11.4 Å². The minimum absolute atomic E-state index is 0.000581. The molecular weight excluding hydrogens is 395 g/mol. The number of amides is 1. The largest absolute Gasteiger partial charge is 0.353 e. The standard InChI is InChI=1S/C24H29FN4O2/c1-15-20(12-13-21(30)26-18-9-5-4-6-10-18)24(31)28(3)23-22(15)16(2)27-29(23)19-11-7-8-17(25)14-19/h7-8,11,14,18H,4-6,9-10,12-13H2,1-3H3,(H,26,30). The lowest BCUT2D eigenvalue weighted by Gasteiger charge is -2.22. The molecule has 1 aliphatic carbocycles. The number of hydrogen-bond acceptors (Lipinski definition) is 3. The highest BCUT2D eigenvalue weighted by molar-refractivity contribution is 5.85. The molecule has 1 fully saturated rings. The van der Waals surface area contributed by atoms with Gasteiger partial charge in [0.15, 0.2) is 0 Å². The molecule has 0 unspecified atom stereocenters. The Morgan fingerprint density at radius 1 is 1.23 bits per heavy atom. The molecule has 1 aliphatic rings. The molecular formula is C24H29FN4O2. The number of carbonyl (C=O) groups excluding carboxylic acids is 1. The van der Waals surface area contributed by atoms with Crippen LogP contribution in [-0.4, -0.2) is 26.3 Å². The Balaban J connectivity index is 1.66. The number of nitrogens with one attached hydrogen (secondary N) is 1. The molecule has 0 radical (unpaired) electrons. The van der Waals surface area contributed by atoms with Crippen LogP contribution in [-0.2, 0) is 18.3 Å². The van der Waals surface area contributed by atoms with E-state index in [9.17, 15) is 14.0 Å². The van der Waals surface area contributed by atoms with Crippen LogP contribution in [0.1, 0.15) is 55.3 Å². The van der Waals surface area contributed by atoms with E-state index in [0.717, 1.165) is 42.3 Å². The molecule has 1 amide bonds. The van der Waals surface area contributed by atoms with E-state index >= 15 is 0 Å². The predicted molar refractivity (Wildman–Crippen MR) is 119 cm³/mol. The summed E-state index contributed by atoms with van der Waals surface area (Å²) in [6.45, 7) is 3.79. The van der Waals surface area contributed by atoms with E-state index in [4.69, 9.17) is 0 Å². The monoisotopic (exact) mass is 424 g/mol. The van der Waals surface area contributed by atoms with E-state index in [2.05, 4.69) is 10.4 Å². The smallest absolute Gasteiger partial charge is 0.255 e. The van der Waals surface area contributed by atoms with Gasteiger partial charge in [0.2, 0.25) is 5.91 Å². The molecule has 0 aliphatic heterocycles. The van der Waals surface area contributed by atoms with Crippen LogP contribution in [0.25, 0.3) is 16.7 Å². The lowest BCUT2D eigenvalue weighted by atomic mass is 9.95. The van der Waals surface area contributed by atoms with Gasteiger partial charge < -0.3 is 5.32 Å². The van der Waals surface area contributed by atoms with Crippen molar-refractivity contribution in [2.75, 3.05) is 0 Å². The second-order valence-corrected chi connectivity index (χ2v) is 8.55. The maximum absolute atomic E-state index is 13.8. The molecule has 7 heteroatoms. The topological polar surface area (TPSA) is 68.9 Å². The zero-order chi connectivity index (χ0) is 22.1. The fraction of sp³-hybridized carbons (Fsp3) is 0.458. The third-order valence-electron chi connectivity index (χ3n) is 6.37. The molecule has 4 rings (SSSR count). The van der Waals surface area contributed by atoms with Gasteiger partial charge in [-0.15, -0.1) is 0 Å². The van der Waals surface area contributed by atoms with Crippen LogP contribution in [0.3, 0.4) is 0 Å². The Kier molecular flexibility index (Phi) is 5.94. The van der Waals surface area contributed by atoms with Gasteiger partial charge in [-0.05, 0) is 56.9 Å². The van der Waals surface area contributed by atoms with Crippen molar-refractivity contribution in [3.05, 3.63) is 57.3 Å². The van der Waals surface area contributed by atoms with Crippen molar-refractivity contribution < 1.29 is 9.18 Å².